The molecule has 0 spiro atoms. The van der Waals surface area contributed by atoms with Gasteiger partial charge in [0, 0.05) is 56.6 Å². The Hall–Kier alpha value is -2.52. The SMILES string of the molecule is CCC(=O)N[C@](CCCN(C)C(=O)O)(c1cccc(Cl)c1)[C@@H]1CCCN(C(=O)N[C@H](CNC)CC2CCCCC2)C1. The number of amides is 4. The molecule has 1 heterocycles. The van der Waals surface area contributed by atoms with E-state index in [1.165, 1.54) is 37.0 Å². The van der Waals surface area contributed by atoms with Crippen molar-refractivity contribution in [1.82, 2.24) is 25.8 Å². The van der Waals surface area contributed by atoms with Gasteiger partial charge in [-0.1, -0.05) is 62.8 Å². The molecule has 1 aromatic carbocycles. The van der Waals surface area contributed by atoms with Crippen LogP contribution in [0.5, 0.6) is 0 Å². The topological polar surface area (TPSA) is 114 Å². The summed E-state index contributed by atoms with van der Waals surface area (Å²) in [5.41, 5.74) is 0.102. The Bertz CT molecular complexity index is 1000. The van der Waals surface area contributed by atoms with Gasteiger partial charge in [0.2, 0.25) is 5.91 Å². The third-order valence-corrected chi connectivity index (χ3v) is 9.18. The number of piperidine rings is 1. The predicted molar refractivity (Wildman–Crippen MR) is 163 cm³/mol. The molecule has 0 aromatic heterocycles. The zero-order chi connectivity index (χ0) is 29.8. The Morgan fingerprint density at radius 3 is 2.59 bits per heavy atom. The standard InChI is InChI=1S/C31H50ClN5O4/c1-4-28(38)35-31(16-10-17-36(3)30(40)41,24-13-8-15-26(32)20-24)25-14-9-18-37(22-25)29(39)34-27(21-33-2)19-23-11-6-5-7-12-23/h8,13,15,20,23,25,27,33H,4-7,9-12,14,16-19,21-22H2,1-3H3,(H,34,39)(H,35,38)(H,40,41)/t25-,27+,31-/m1/s1. The van der Waals surface area contributed by atoms with E-state index in [0.29, 0.717) is 49.8 Å². The van der Waals surface area contributed by atoms with Gasteiger partial charge in [0.15, 0.2) is 0 Å². The van der Waals surface area contributed by atoms with Crippen molar-refractivity contribution in [2.24, 2.45) is 11.8 Å². The summed E-state index contributed by atoms with van der Waals surface area (Å²) in [7, 11) is 3.48. The lowest BCUT2D eigenvalue weighted by molar-refractivity contribution is -0.124. The highest BCUT2D eigenvalue weighted by Gasteiger charge is 2.44. The van der Waals surface area contributed by atoms with Crippen molar-refractivity contribution >= 4 is 29.6 Å². The zero-order valence-corrected chi connectivity index (χ0v) is 25.8. The van der Waals surface area contributed by atoms with Crippen LogP contribution < -0.4 is 16.0 Å². The number of carbonyl (C=O) groups excluding carboxylic acids is 2. The van der Waals surface area contributed by atoms with Crippen LogP contribution in [-0.4, -0.2) is 79.3 Å². The number of likely N-dealkylation sites (tertiary alicyclic amines) is 1. The van der Waals surface area contributed by atoms with E-state index in [9.17, 15) is 19.5 Å². The largest absolute Gasteiger partial charge is 0.465 e. The number of nitrogens with one attached hydrogen (secondary N) is 3. The zero-order valence-electron chi connectivity index (χ0n) is 25.1. The molecule has 0 bridgehead atoms. The second-order valence-corrected chi connectivity index (χ2v) is 12.4. The van der Waals surface area contributed by atoms with Gasteiger partial charge < -0.3 is 30.9 Å². The number of carbonyl (C=O) groups is 3. The van der Waals surface area contributed by atoms with Gasteiger partial charge >= 0.3 is 12.1 Å². The average molecular weight is 592 g/mol. The van der Waals surface area contributed by atoms with E-state index in [0.717, 1.165) is 31.4 Å². The molecule has 41 heavy (non-hydrogen) atoms. The van der Waals surface area contributed by atoms with Gasteiger partial charge in [-0.3, -0.25) is 4.79 Å². The summed E-state index contributed by atoms with van der Waals surface area (Å²) in [5.74, 6) is 0.507. The van der Waals surface area contributed by atoms with Crippen LogP contribution in [0.3, 0.4) is 0 Å². The Morgan fingerprint density at radius 2 is 1.93 bits per heavy atom. The van der Waals surface area contributed by atoms with Crippen LogP contribution >= 0.6 is 11.6 Å². The monoisotopic (exact) mass is 591 g/mol. The maximum absolute atomic E-state index is 13.7. The number of hydrogen-bond donors (Lipinski definition) is 4. The lowest BCUT2D eigenvalue weighted by Crippen LogP contribution is -2.58. The fraction of sp³-hybridized carbons (Fsp3) is 0.710. The van der Waals surface area contributed by atoms with Gasteiger partial charge in [0.25, 0.3) is 0 Å². The number of nitrogens with zero attached hydrogens (tertiary/aromatic N) is 2. The molecule has 3 rings (SSSR count). The highest BCUT2D eigenvalue weighted by Crippen LogP contribution is 2.40. The van der Waals surface area contributed by atoms with Gasteiger partial charge in [0.1, 0.15) is 0 Å². The Morgan fingerprint density at radius 1 is 1.17 bits per heavy atom. The van der Waals surface area contributed by atoms with E-state index in [4.69, 9.17) is 11.6 Å². The summed E-state index contributed by atoms with van der Waals surface area (Å²) >= 11 is 6.45. The second-order valence-electron chi connectivity index (χ2n) is 11.9. The molecule has 0 radical (unpaired) electrons. The highest BCUT2D eigenvalue weighted by atomic mass is 35.5. The minimum Gasteiger partial charge on any atom is -0.465 e. The number of carboxylic acid groups (broad SMARTS) is 1. The van der Waals surface area contributed by atoms with Crippen LogP contribution in [-0.2, 0) is 10.3 Å². The molecule has 9 nitrogen and oxygen atoms in total. The molecule has 2 fully saturated rings. The maximum Gasteiger partial charge on any atom is 0.407 e. The van der Waals surface area contributed by atoms with Gasteiger partial charge in [-0.15, -0.1) is 0 Å². The lowest BCUT2D eigenvalue weighted by Gasteiger charge is -2.47. The number of benzene rings is 1. The Kier molecular flexibility index (Phi) is 13.0. The summed E-state index contributed by atoms with van der Waals surface area (Å²) in [6.07, 6.45) is 9.37. The number of urea groups is 1. The van der Waals surface area contributed by atoms with Crippen molar-refractivity contribution in [2.75, 3.05) is 40.3 Å². The molecule has 4 amide bonds. The van der Waals surface area contributed by atoms with Crippen molar-refractivity contribution in [2.45, 2.75) is 89.1 Å². The normalized spacial score (nSPS) is 20.1. The van der Waals surface area contributed by atoms with Crippen LogP contribution in [0.15, 0.2) is 24.3 Å². The summed E-state index contributed by atoms with van der Waals surface area (Å²) < 4.78 is 0. The molecule has 1 saturated carbocycles. The number of halogens is 1. The highest BCUT2D eigenvalue weighted by molar-refractivity contribution is 6.30. The average Bonchev–Trinajstić information content (AvgIpc) is 2.97. The molecule has 1 aliphatic carbocycles. The summed E-state index contributed by atoms with van der Waals surface area (Å²) in [5, 5.41) is 19.9. The van der Waals surface area contributed by atoms with Crippen LogP contribution in [0.1, 0.15) is 83.1 Å². The summed E-state index contributed by atoms with van der Waals surface area (Å²) in [6.45, 7) is 4.05. The van der Waals surface area contributed by atoms with Crippen LogP contribution in [0, 0.1) is 11.8 Å². The van der Waals surface area contributed by atoms with Crippen molar-refractivity contribution in [3.63, 3.8) is 0 Å². The van der Waals surface area contributed by atoms with Gasteiger partial charge in [0.05, 0.1) is 5.54 Å². The van der Waals surface area contributed by atoms with E-state index in [1.807, 2.05) is 43.1 Å². The molecule has 1 saturated heterocycles. The molecular formula is C31H50ClN5O4. The Balaban J connectivity index is 1.84. The van der Waals surface area contributed by atoms with E-state index >= 15 is 0 Å². The first-order valence-corrected chi connectivity index (χ1v) is 15.8. The van der Waals surface area contributed by atoms with Crippen molar-refractivity contribution < 1.29 is 19.5 Å². The Labute approximate surface area is 250 Å². The first kappa shape index (κ1) is 33.0. The van der Waals surface area contributed by atoms with Gasteiger partial charge in [-0.05, 0) is 62.8 Å². The lowest BCUT2D eigenvalue weighted by atomic mass is 9.71. The predicted octanol–water partition coefficient (Wildman–Crippen LogP) is 5.43. The van der Waals surface area contributed by atoms with Gasteiger partial charge in [-0.25, -0.2) is 9.59 Å². The summed E-state index contributed by atoms with van der Waals surface area (Å²) in [6, 6.07) is 7.58. The first-order chi connectivity index (χ1) is 19.7. The molecule has 2 aliphatic rings. The molecular weight excluding hydrogens is 542 g/mol. The molecule has 1 aromatic rings. The first-order valence-electron chi connectivity index (χ1n) is 15.4. The number of likely N-dealkylation sites (N-methyl/N-ethyl adjacent to an activating group) is 1. The van der Waals surface area contributed by atoms with E-state index in [2.05, 4.69) is 16.0 Å². The molecule has 10 heteroatoms. The third-order valence-electron chi connectivity index (χ3n) is 8.94. The molecule has 0 unspecified atom stereocenters. The van der Waals surface area contributed by atoms with E-state index in [-0.39, 0.29) is 23.9 Å². The maximum atomic E-state index is 13.7. The van der Waals surface area contributed by atoms with Crippen molar-refractivity contribution in [3.05, 3.63) is 34.9 Å². The van der Waals surface area contributed by atoms with E-state index < -0.39 is 11.6 Å². The van der Waals surface area contributed by atoms with Crippen LogP contribution in [0.2, 0.25) is 5.02 Å². The molecule has 4 N–H and O–H groups in total. The van der Waals surface area contributed by atoms with Crippen molar-refractivity contribution in [1.29, 1.82) is 0 Å². The molecule has 1 aliphatic heterocycles. The third kappa shape index (κ3) is 9.50. The van der Waals surface area contributed by atoms with Gasteiger partial charge in [-0.2, -0.15) is 0 Å². The fourth-order valence-corrected chi connectivity index (χ4v) is 6.90. The quantitative estimate of drug-likeness (QED) is 0.244. The fourth-order valence-electron chi connectivity index (χ4n) is 6.71. The minimum atomic E-state index is -0.985. The van der Waals surface area contributed by atoms with E-state index in [1.54, 1.807) is 7.05 Å². The minimum absolute atomic E-state index is 0.0572. The smallest absolute Gasteiger partial charge is 0.407 e. The molecule has 3 atom stereocenters. The van der Waals surface area contributed by atoms with Crippen molar-refractivity contribution in [3.8, 4) is 0 Å². The number of rotatable bonds is 13. The number of hydrogen-bond acceptors (Lipinski definition) is 4. The summed E-state index contributed by atoms with van der Waals surface area (Å²) in [4.78, 5) is 41.3. The molecule has 230 valence electrons. The van der Waals surface area contributed by atoms with Crippen LogP contribution in [0.25, 0.3) is 0 Å². The van der Waals surface area contributed by atoms with Crippen LogP contribution in [0.4, 0.5) is 9.59 Å². The second kappa shape index (κ2) is 16.2.